The second-order valence-corrected chi connectivity index (χ2v) is 10.4. The minimum Gasteiger partial charge on any atom is -0.497 e. The van der Waals surface area contributed by atoms with Crippen LogP contribution in [0.25, 0.3) is 6.08 Å². The number of ether oxygens (including phenoxy) is 3. The molecule has 0 spiro atoms. The molecule has 0 radical (unpaired) electrons. The summed E-state index contributed by atoms with van der Waals surface area (Å²) in [5.41, 5.74) is 5.49. The smallest absolute Gasteiger partial charge is 0.333 e. The van der Waals surface area contributed by atoms with Gasteiger partial charge in [-0.1, -0.05) is 126 Å². The van der Waals surface area contributed by atoms with Gasteiger partial charge in [0.25, 0.3) is 0 Å². The van der Waals surface area contributed by atoms with Crippen molar-refractivity contribution in [3.8, 4) is 5.75 Å². The van der Waals surface area contributed by atoms with Gasteiger partial charge in [0, 0.05) is 17.4 Å². The number of carbonyl (C=O) groups is 1. The molecule has 2 rings (SSSR count). The van der Waals surface area contributed by atoms with Gasteiger partial charge in [-0.25, -0.2) is 4.79 Å². The first-order valence-corrected chi connectivity index (χ1v) is 15.3. The lowest BCUT2D eigenvalue weighted by Crippen LogP contribution is -2.29. The van der Waals surface area contributed by atoms with Crippen molar-refractivity contribution in [3.63, 3.8) is 0 Å². The summed E-state index contributed by atoms with van der Waals surface area (Å²) < 4.78 is 17.4. The third kappa shape index (κ3) is 11.7. The Morgan fingerprint density at radius 2 is 1.60 bits per heavy atom. The van der Waals surface area contributed by atoms with Crippen molar-refractivity contribution in [1.29, 1.82) is 0 Å². The van der Waals surface area contributed by atoms with E-state index >= 15 is 0 Å². The van der Waals surface area contributed by atoms with Crippen molar-refractivity contribution >= 4 is 12.0 Å². The number of methoxy groups -OCH3 is 1. The fraction of sp³-hybridized carbons (Fsp3) is 0.395. The monoisotopic (exact) mass is 570 g/mol. The number of esters is 1. The second-order valence-electron chi connectivity index (χ2n) is 10.4. The summed E-state index contributed by atoms with van der Waals surface area (Å²) >= 11 is 0. The van der Waals surface area contributed by atoms with Gasteiger partial charge in [0.2, 0.25) is 0 Å². The van der Waals surface area contributed by atoms with Crippen LogP contribution in [0, 0.1) is 11.8 Å². The highest BCUT2D eigenvalue weighted by atomic mass is 16.5. The molecule has 4 heteroatoms. The lowest BCUT2D eigenvalue weighted by Gasteiger charge is -2.29. The number of benzene rings is 2. The molecule has 3 atom stereocenters. The maximum absolute atomic E-state index is 12.7. The van der Waals surface area contributed by atoms with Gasteiger partial charge in [0.05, 0.1) is 19.8 Å². The molecule has 2 aromatic rings. The highest BCUT2D eigenvalue weighted by Crippen LogP contribution is 2.28. The van der Waals surface area contributed by atoms with E-state index in [1.54, 1.807) is 13.2 Å². The van der Waals surface area contributed by atoms with Crippen LogP contribution in [0.4, 0.5) is 0 Å². The molecule has 0 N–H and O–H groups in total. The maximum atomic E-state index is 12.7. The van der Waals surface area contributed by atoms with E-state index in [-0.39, 0.29) is 30.5 Å². The minimum absolute atomic E-state index is 0.0337. The van der Waals surface area contributed by atoms with Crippen LogP contribution in [0.15, 0.2) is 108 Å². The van der Waals surface area contributed by atoms with E-state index in [1.165, 1.54) is 16.7 Å². The Kier molecular flexibility index (Phi) is 16.0. The van der Waals surface area contributed by atoms with Gasteiger partial charge in [-0.3, -0.25) is 0 Å². The maximum Gasteiger partial charge on any atom is 0.333 e. The Hall–Kier alpha value is -3.63. The summed E-state index contributed by atoms with van der Waals surface area (Å²) in [6, 6.07) is 18.3. The zero-order valence-electron chi connectivity index (χ0n) is 26.5. The molecule has 0 aliphatic rings. The van der Waals surface area contributed by atoms with Gasteiger partial charge in [0.1, 0.15) is 12.4 Å². The molecular formula is C38H50O4. The number of rotatable bonds is 18. The van der Waals surface area contributed by atoms with Crippen LogP contribution >= 0.6 is 0 Å². The zero-order valence-corrected chi connectivity index (χ0v) is 26.5. The van der Waals surface area contributed by atoms with Crippen molar-refractivity contribution in [1.82, 2.24) is 0 Å². The highest BCUT2D eigenvalue weighted by Gasteiger charge is 2.26. The minimum atomic E-state index is -0.289. The van der Waals surface area contributed by atoms with E-state index in [2.05, 4.69) is 88.9 Å². The van der Waals surface area contributed by atoms with E-state index in [0.29, 0.717) is 18.6 Å². The van der Waals surface area contributed by atoms with Gasteiger partial charge in [0.15, 0.2) is 0 Å². The van der Waals surface area contributed by atoms with E-state index in [9.17, 15) is 4.79 Å². The van der Waals surface area contributed by atoms with E-state index in [0.717, 1.165) is 30.6 Å². The lowest BCUT2D eigenvalue weighted by atomic mass is 9.86. The average Bonchev–Trinajstić information content (AvgIpc) is 3.03. The standard InChI is InChI=1S/C38H50O4/c1-8-24-41-38(39)35(12-5)27-34(11-4)37(42-28-33-20-22-36(40-7)23-21-33)29(6)25-31(10-3)26-30(9-2)18-19-32-16-14-13-15-17-32/h8,13-23,25-27,29,34,37H,1,9-12,24,28H2,2-7H3/b19-18+,30-26+,31-25+,35-27+/t29-,34-,37-/m1/s1. The SMILES string of the molecule is C=CCOC(=O)/C(=C/[C@@H](CC)[C@H](OCc1ccc(OC)cc1)[C@H](C)/C=C(/C=C(/C=C/c1ccccc1)CC)CC)CC. The predicted octanol–water partition coefficient (Wildman–Crippen LogP) is 9.69. The second kappa shape index (κ2) is 19.5. The first kappa shape index (κ1) is 34.6. The molecule has 0 amide bonds. The lowest BCUT2D eigenvalue weighted by molar-refractivity contribution is -0.138. The van der Waals surface area contributed by atoms with Crippen LogP contribution in [0.3, 0.4) is 0 Å². The Labute approximate surface area is 254 Å². The zero-order chi connectivity index (χ0) is 30.7. The van der Waals surface area contributed by atoms with Crippen LogP contribution in [0.5, 0.6) is 5.75 Å². The molecule has 0 fully saturated rings. The molecule has 0 saturated carbocycles. The summed E-state index contributed by atoms with van der Waals surface area (Å²) in [6.45, 7) is 15.1. The van der Waals surface area contributed by atoms with E-state index < -0.39 is 0 Å². The van der Waals surface area contributed by atoms with Gasteiger partial charge in [-0.15, -0.1) is 0 Å². The molecule has 0 heterocycles. The van der Waals surface area contributed by atoms with Crippen molar-refractivity contribution in [2.45, 2.75) is 73.0 Å². The summed E-state index contributed by atoms with van der Waals surface area (Å²) in [6.07, 6.45) is 15.8. The molecule has 42 heavy (non-hydrogen) atoms. The summed E-state index contributed by atoms with van der Waals surface area (Å²) in [7, 11) is 1.67. The number of hydrogen-bond acceptors (Lipinski definition) is 4. The number of hydrogen-bond donors (Lipinski definition) is 0. The summed E-state index contributed by atoms with van der Waals surface area (Å²) in [5.74, 6) is 0.669. The van der Waals surface area contributed by atoms with Crippen LogP contribution < -0.4 is 4.74 Å². The van der Waals surface area contributed by atoms with Gasteiger partial charge < -0.3 is 14.2 Å². The van der Waals surface area contributed by atoms with Gasteiger partial charge in [-0.2, -0.15) is 0 Å². The van der Waals surface area contributed by atoms with Crippen LogP contribution in [0.1, 0.15) is 71.4 Å². The summed E-state index contributed by atoms with van der Waals surface area (Å²) in [4.78, 5) is 12.7. The molecule has 0 unspecified atom stereocenters. The van der Waals surface area contributed by atoms with Crippen molar-refractivity contribution in [2.24, 2.45) is 11.8 Å². The molecule has 0 aromatic heterocycles. The third-order valence-electron chi connectivity index (χ3n) is 7.36. The Bertz CT molecular complexity index is 1200. The molecule has 4 nitrogen and oxygen atoms in total. The largest absolute Gasteiger partial charge is 0.497 e. The Morgan fingerprint density at radius 3 is 2.17 bits per heavy atom. The van der Waals surface area contributed by atoms with Crippen molar-refractivity contribution in [2.75, 3.05) is 13.7 Å². The normalized spacial score (nSPS) is 14.9. The first-order valence-electron chi connectivity index (χ1n) is 15.3. The number of carbonyl (C=O) groups excluding carboxylic acids is 1. The first-order chi connectivity index (χ1) is 20.4. The Morgan fingerprint density at radius 1 is 0.905 bits per heavy atom. The molecule has 0 saturated heterocycles. The molecular weight excluding hydrogens is 520 g/mol. The van der Waals surface area contributed by atoms with Gasteiger partial charge in [-0.05, 0) is 54.5 Å². The molecule has 0 aliphatic carbocycles. The Balaban J connectivity index is 2.40. The van der Waals surface area contributed by atoms with Gasteiger partial charge >= 0.3 is 5.97 Å². The average molecular weight is 571 g/mol. The van der Waals surface area contributed by atoms with Crippen LogP contribution in [-0.2, 0) is 20.9 Å². The topological polar surface area (TPSA) is 44.8 Å². The quantitative estimate of drug-likeness (QED) is 0.0774. The number of allylic oxidation sites excluding steroid dienone is 4. The predicted molar refractivity (Wildman–Crippen MR) is 176 cm³/mol. The van der Waals surface area contributed by atoms with E-state index in [1.807, 2.05) is 37.3 Å². The van der Waals surface area contributed by atoms with Crippen LogP contribution in [-0.4, -0.2) is 25.8 Å². The molecule has 0 bridgehead atoms. The van der Waals surface area contributed by atoms with Crippen LogP contribution in [0.2, 0.25) is 0 Å². The third-order valence-corrected chi connectivity index (χ3v) is 7.36. The summed E-state index contributed by atoms with van der Waals surface area (Å²) in [5, 5.41) is 0. The fourth-order valence-corrected chi connectivity index (χ4v) is 4.81. The molecule has 2 aromatic carbocycles. The fourth-order valence-electron chi connectivity index (χ4n) is 4.81. The van der Waals surface area contributed by atoms with Crippen molar-refractivity contribution < 1.29 is 19.0 Å². The van der Waals surface area contributed by atoms with Crippen molar-refractivity contribution in [3.05, 3.63) is 119 Å². The van der Waals surface area contributed by atoms with E-state index in [4.69, 9.17) is 14.2 Å². The molecule has 0 aliphatic heterocycles. The molecule has 226 valence electrons. The highest BCUT2D eigenvalue weighted by molar-refractivity contribution is 5.88.